The summed E-state index contributed by atoms with van der Waals surface area (Å²) in [6.07, 6.45) is 30.2. The van der Waals surface area contributed by atoms with E-state index < -0.39 is 0 Å². The molecule has 0 radical (unpaired) electrons. The number of allylic oxidation sites excluding steroid dienone is 11. The zero-order valence-corrected chi connectivity index (χ0v) is 18.0. The molecule has 0 aromatic heterocycles. The molecule has 0 heterocycles. The Labute approximate surface area is 183 Å². The van der Waals surface area contributed by atoms with Crippen molar-refractivity contribution in [1.82, 2.24) is 5.32 Å². The van der Waals surface area contributed by atoms with Gasteiger partial charge in [-0.3, -0.25) is 0 Å². The maximum atomic E-state index is 3.55. The van der Waals surface area contributed by atoms with Crippen molar-refractivity contribution in [2.24, 2.45) is 0 Å². The van der Waals surface area contributed by atoms with Crippen molar-refractivity contribution >= 4 is 0 Å². The fourth-order valence-electron chi connectivity index (χ4n) is 3.06. The van der Waals surface area contributed by atoms with Gasteiger partial charge in [-0.2, -0.15) is 0 Å². The van der Waals surface area contributed by atoms with Crippen LogP contribution in [0.25, 0.3) is 0 Å². The Hall–Kier alpha value is -3.06. The summed E-state index contributed by atoms with van der Waals surface area (Å²) in [6, 6.07) is 19.1. The third kappa shape index (κ3) is 12.4. The molecule has 0 atom stereocenters. The van der Waals surface area contributed by atoms with Crippen LogP contribution in [0.4, 0.5) is 0 Å². The second kappa shape index (κ2) is 16.9. The van der Waals surface area contributed by atoms with E-state index in [0.717, 1.165) is 18.7 Å². The maximum Gasteiger partial charge on any atom is 0.0340 e. The predicted molar refractivity (Wildman–Crippen MR) is 133 cm³/mol. The van der Waals surface area contributed by atoms with Crippen LogP contribution in [0.2, 0.25) is 0 Å². The molecule has 0 aliphatic heterocycles. The molecular weight excluding hydrogens is 362 g/mol. The van der Waals surface area contributed by atoms with E-state index in [1.54, 1.807) is 0 Å². The van der Waals surface area contributed by atoms with Crippen LogP contribution in [0.3, 0.4) is 0 Å². The molecule has 1 aromatic carbocycles. The molecule has 0 unspecified atom stereocenters. The molecule has 2 rings (SSSR count). The summed E-state index contributed by atoms with van der Waals surface area (Å²) in [5.74, 6) is 0. The number of rotatable bonds is 9. The van der Waals surface area contributed by atoms with Gasteiger partial charge in [-0.05, 0) is 37.0 Å². The summed E-state index contributed by atoms with van der Waals surface area (Å²) in [4.78, 5) is 0. The Kier molecular flexibility index (Phi) is 13.0. The van der Waals surface area contributed by atoms with Gasteiger partial charge in [0.05, 0.1) is 0 Å². The summed E-state index contributed by atoms with van der Waals surface area (Å²) in [7, 11) is 0. The highest BCUT2D eigenvalue weighted by Gasteiger charge is 1.94. The highest BCUT2D eigenvalue weighted by molar-refractivity contribution is 5.28. The van der Waals surface area contributed by atoms with Crippen molar-refractivity contribution in [3.63, 3.8) is 0 Å². The second-order valence-corrected chi connectivity index (χ2v) is 7.22. The standard InChI is InChI=1S/C29H35N/c1-2-7-13-19-25-29(26-20-14-8-3-1)30-27-21-15-9-12-18-24-28-22-16-10-5-4-6-11-17-23-28/h1-8,10-11,13-14,16-17,19-20,22-23,25-26,30H,9,12,15,18,21,24,27H2/b2-1?,3-1?,5-4?,6-4?,7-2?,8-3?,10-5?,11-6?,13-7-,14-8?,16-10?,17-11?,19-13?,20-14-,22-16?,23-17?,25-19-,26-20?,28-22?,28-23?,29-25?,29-26+. The van der Waals surface area contributed by atoms with Crippen LogP contribution in [0, 0.1) is 0 Å². The van der Waals surface area contributed by atoms with E-state index in [9.17, 15) is 0 Å². The molecule has 30 heavy (non-hydrogen) atoms. The summed E-state index contributed by atoms with van der Waals surface area (Å²) in [6.45, 7) is 1.02. The van der Waals surface area contributed by atoms with Gasteiger partial charge in [0.25, 0.3) is 0 Å². The van der Waals surface area contributed by atoms with Crippen molar-refractivity contribution in [2.45, 2.75) is 38.5 Å². The van der Waals surface area contributed by atoms with Gasteiger partial charge in [0.1, 0.15) is 0 Å². The Balaban J connectivity index is 1.63. The van der Waals surface area contributed by atoms with Crippen molar-refractivity contribution in [3.05, 3.63) is 133 Å². The van der Waals surface area contributed by atoms with Gasteiger partial charge >= 0.3 is 0 Å². The van der Waals surface area contributed by atoms with Gasteiger partial charge in [0, 0.05) is 12.2 Å². The molecular formula is C29H35N. The fourth-order valence-corrected chi connectivity index (χ4v) is 3.06. The monoisotopic (exact) mass is 397 g/mol. The predicted octanol–water partition coefficient (Wildman–Crippen LogP) is 7.57. The Morgan fingerprint density at radius 3 is 1.73 bits per heavy atom. The van der Waals surface area contributed by atoms with Crippen LogP contribution in [-0.4, -0.2) is 6.54 Å². The number of hydrogen-bond donors (Lipinski definition) is 1. The lowest BCUT2D eigenvalue weighted by atomic mass is 10.1. The lowest BCUT2D eigenvalue weighted by molar-refractivity contribution is 0.600. The van der Waals surface area contributed by atoms with Gasteiger partial charge in [-0.25, -0.2) is 0 Å². The average Bonchev–Trinajstić information content (AvgIpc) is 2.75. The van der Waals surface area contributed by atoms with Crippen LogP contribution >= 0.6 is 0 Å². The zero-order valence-electron chi connectivity index (χ0n) is 18.0. The van der Waals surface area contributed by atoms with Crippen LogP contribution in [-0.2, 0) is 6.42 Å². The molecule has 0 spiro atoms. The van der Waals surface area contributed by atoms with Crippen LogP contribution < -0.4 is 5.32 Å². The molecule has 1 heteroatoms. The summed E-state index contributed by atoms with van der Waals surface area (Å²) in [5, 5.41) is 3.55. The first-order valence-corrected chi connectivity index (χ1v) is 11.1. The molecule has 0 fully saturated rings. The van der Waals surface area contributed by atoms with Gasteiger partial charge < -0.3 is 5.32 Å². The Bertz CT molecular complexity index is 795. The zero-order chi connectivity index (χ0) is 21.0. The Morgan fingerprint density at radius 1 is 0.500 bits per heavy atom. The van der Waals surface area contributed by atoms with E-state index in [-0.39, 0.29) is 0 Å². The van der Waals surface area contributed by atoms with Crippen LogP contribution in [0.1, 0.15) is 37.7 Å². The lowest BCUT2D eigenvalue weighted by Gasteiger charge is -2.07. The quantitative estimate of drug-likeness (QED) is 0.424. The smallest absolute Gasteiger partial charge is 0.0340 e. The first-order chi connectivity index (χ1) is 14.9. The van der Waals surface area contributed by atoms with E-state index in [1.807, 2.05) is 36.4 Å². The average molecular weight is 398 g/mol. The first-order valence-electron chi connectivity index (χ1n) is 11.1. The van der Waals surface area contributed by atoms with Gasteiger partial charge in [0.15, 0.2) is 0 Å². The highest BCUT2D eigenvalue weighted by atomic mass is 14.9. The molecule has 156 valence electrons. The van der Waals surface area contributed by atoms with E-state index in [2.05, 4.69) is 90.3 Å². The number of nitrogens with one attached hydrogen (secondary N) is 1. The minimum atomic E-state index is 1.02. The fraction of sp³-hybridized carbons (Fsp3) is 0.241. The topological polar surface area (TPSA) is 12.0 Å². The van der Waals surface area contributed by atoms with Crippen LogP contribution in [0.15, 0.2) is 127 Å². The number of aryl methyl sites for hydroxylation is 1. The molecule has 0 amide bonds. The lowest BCUT2D eigenvalue weighted by Crippen LogP contribution is -2.13. The minimum absolute atomic E-state index is 1.02. The van der Waals surface area contributed by atoms with E-state index in [4.69, 9.17) is 0 Å². The number of hydrogen-bond acceptors (Lipinski definition) is 1. The molecule has 1 aliphatic rings. The molecule has 1 aromatic rings. The van der Waals surface area contributed by atoms with E-state index in [0.29, 0.717) is 0 Å². The van der Waals surface area contributed by atoms with Crippen molar-refractivity contribution in [1.29, 1.82) is 0 Å². The summed E-state index contributed by atoms with van der Waals surface area (Å²) < 4.78 is 0. The van der Waals surface area contributed by atoms with Crippen molar-refractivity contribution in [3.8, 4) is 0 Å². The summed E-state index contributed by atoms with van der Waals surface area (Å²) >= 11 is 0. The minimum Gasteiger partial charge on any atom is -0.385 e. The molecule has 1 N–H and O–H groups in total. The van der Waals surface area contributed by atoms with Gasteiger partial charge in [0.2, 0.25) is 0 Å². The first kappa shape index (κ1) is 23.2. The highest BCUT2D eigenvalue weighted by Crippen LogP contribution is 2.08. The third-order valence-electron chi connectivity index (χ3n) is 4.70. The van der Waals surface area contributed by atoms with Crippen molar-refractivity contribution < 1.29 is 0 Å². The molecule has 0 saturated carbocycles. The van der Waals surface area contributed by atoms with E-state index in [1.165, 1.54) is 37.7 Å². The second-order valence-electron chi connectivity index (χ2n) is 7.22. The summed E-state index contributed by atoms with van der Waals surface area (Å²) in [5.41, 5.74) is 2.56. The molecule has 1 nitrogen and oxygen atoms in total. The van der Waals surface area contributed by atoms with Gasteiger partial charge in [-0.1, -0.05) is 129 Å². The molecule has 0 bridgehead atoms. The van der Waals surface area contributed by atoms with Gasteiger partial charge in [-0.15, -0.1) is 0 Å². The SMILES string of the molecule is C1=C\C=C/C=C\C(NCCCCCCCc2ccccccccc2)=C/C=C\C=C1. The largest absolute Gasteiger partial charge is 0.385 e. The van der Waals surface area contributed by atoms with E-state index >= 15 is 0 Å². The molecule has 0 saturated heterocycles. The Morgan fingerprint density at radius 2 is 1.03 bits per heavy atom. The normalized spacial score (nSPS) is 18.1. The number of unbranched alkanes of at least 4 members (excludes halogenated alkanes) is 4. The van der Waals surface area contributed by atoms with Crippen LogP contribution in [0.5, 0.6) is 0 Å². The molecule has 1 aliphatic carbocycles. The maximum absolute atomic E-state index is 3.55. The third-order valence-corrected chi connectivity index (χ3v) is 4.70. The van der Waals surface area contributed by atoms with Crippen molar-refractivity contribution in [2.75, 3.05) is 6.54 Å².